The van der Waals surface area contributed by atoms with Crippen molar-refractivity contribution in [2.24, 2.45) is 5.73 Å². The van der Waals surface area contributed by atoms with Gasteiger partial charge in [0.2, 0.25) is 0 Å². The van der Waals surface area contributed by atoms with Gasteiger partial charge in [0.15, 0.2) is 0 Å². The van der Waals surface area contributed by atoms with Gasteiger partial charge in [-0.1, -0.05) is 11.8 Å². The fraction of sp³-hybridized carbons (Fsp3) is 0.600. The molecular weight excluding hydrogens is 228 g/mol. The lowest BCUT2D eigenvalue weighted by atomic mass is 9.98. The Hall–Kier alpha value is -1.01. The van der Waals surface area contributed by atoms with Crippen LogP contribution in [0.15, 0.2) is 15.9 Å². The van der Waals surface area contributed by atoms with Crippen LogP contribution in [-0.2, 0) is 4.79 Å². The van der Waals surface area contributed by atoms with Gasteiger partial charge in [-0.3, -0.25) is 4.79 Å². The van der Waals surface area contributed by atoms with Gasteiger partial charge in [0.25, 0.3) is 5.22 Å². The Labute approximate surface area is 98.4 Å². The van der Waals surface area contributed by atoms with E-state index in [1.54, 1.807) is 6.26 Å². The number of nitrogens with zero attached hydrogens (tertiary/aromatic N) is 1. The molecule has 1 heterocycles. The Morgan fingerprint density at radius 2 is 2.44 bits per heavy atom. The number of carboxylic acids is 1. The average molecular weight is 244 g/mol. The molecule has 1 aromatic rings. The fourth-order valence-electron chi connectivity index (χ4n) is 1.10. The molecule has 1 unspecified atom stereocenters. The maximum atomic E-state index is 10.7. The van der Waals surface area contributed by atoms with Gasteiger partial charge < -0.3 is 15.3 Å². The number of carboxylic acid groups (broad SMARTS) is 1. The maximum Gasteiger partial charge on any atom is 0.323 e. The molecule has 0 fully saturated rings. The van der Waals surface area contributed by atoms with Gasteiger partial charge in [0.05, 0.1) is 5.69 Å². The van der Waals surface area contributed by atoms with Crippen molar-refractivity contribution >= 4 is 17.7 Å². The minimum absolute atomic E-state index is 0.440. The molecule has 0 saturated heterocycles. The molecule has 90 valence electrons. The standard InChI is InChI=1S/C10H16N2O3S/c1-7-6-15-9(12-7)16-5-3-4-10(2,11)8(13)14/h6H,3-5,11H2,1-2H3,(H,13,14). The van der Waals surface area contributed by atoms with Gasteiger partial charge in [0, 0.05) is 5.75 Å². The first-order valence-electron chi connectivity index (χ1n) is 4.99. The predicted molar refractivity (Wildman–Crippen MR) is 61.4 cm³/mol. The summed E-state index contributed by atoms with van der Waals surface area (Å²) in [6.45, 7) is 3.38. The van der Waals surface area contributed by atoms with Gasteiger partial charge in [-0.15, -0.1) is 0 Å². The highest BCUT2D eigenvalue weighted by Gasteiger charge is 2.26. The number of rotatable bonds is 6. The van der Waals surface area contributed by atoms with Crippen LogP contribution in [0.4, 0.5) is 0 Å². The summed E-state index contributed by atoms with van der Waals surface area (Å²) in [7, 11) is 0. The number of thioether (sulfide) groups is 1. The van der Waals surface area contributed by atoms with E-state index in [1.807, 2.05) is 6.92 Å². The summed E-state index contributed by atoms with van der Waals surface area (Å²) >= 11 is 1.47. The van der Waals surface area contributed by atoms with E-state index in [0.29, 0.717) is 18.1 Å². The van der Waals surface area contributed by atoms with Crippen LogP contribution < -0.4 is 5.73 Å². The number of aliphatic carboxylic acids is 1. The first-order chi connectivity index (χ1) is 7.42. The molecule has 0 aromatic carbocycles. The highest BCUT2D eigenvalue weighted by Crippen LogP contribution is 2.20. The molecule has 0 radical (unpaired) electrons. The summed E-state index contributed by atoms with van der Waals surface area (Å²) in [6.07, 6.45) is 2.74. The molecule has 3 N–H and O–H groups in total. The highest BCUT2D eigenvalue weighted by molar-refractivity contribution is 7.99. The molecule has 0 aliphatic rings. The Bertz CT molecular complexity index is 363. The Morgan fingerprint density at radius 1 is 1.75 bits per heavy atom. The van der Waals surface area contributed by atoms with Gasteiger partial charge in [-0.05, 0) is 26.7 Å². The van der Waals surface area contributed by atoms with Crippen LogP contribution in [-0.4, -0.2) is 27.4 Å². The molecule has 0 saturated carbocycles. The summed E-state index contributed by atoms with van der Waals surface area (Å²) < 4.78 is 5.15. The first-order valence-corrected chi connectivity index (χ1v) is 5.97. The van der Waals surface area contributed by atoms with E-state index in [1.165, 1.54) is 18.7 Å². The van der Waals surface area contributed by atoms with Crippen molar-refractivity contribution in [3.63, 3.8) is 0 Å². The zero-order valence-corrected chi connectivity index (χ0v) is 10.2. The summed E-state index contributed by atoms with van der Waals surface area (Å²) in [6, 6.07) is 0. The summed E-state index contributed by atoms with van der Waals surface area (Å²) in [5.74, 6) is -0.218. The molecular formula is C10H16N2O3S. The van der Waals surface area contributed by atoms with Gasteiger partial charge in [-0.2, -0.15) is 0 Å². The largest absolute Gasteiger partial charge is 0.480 e. The second kappa shape index (κ2) is 5.36. The predicted octanol–water partition coefficient (Wildman–Crippen LogP) is 1.66. The minimum Gasteiger partial charge on any atom is -0.480 e. The zero-order chi connectivity index (χ0) is 12.2. The molecule has 1 atom stereocenters. The molecule has 1 rings (SSSR count). The normalized spacial score (nSPS) is 14.7. The molecule has 0 bridgehead atoms. The summed E-state index contributed by atoms with van der Waals surface area (Å²) in [5, 5.41) is 9.42. The number of oxazole rings is 1. The number of aryl methyl sites for hydroxylation is 1. The van der Waals surface area contributed by atoms with Gasteiger partial charge in [0.1, 0.15) is 11.8 Å². The van der Waals surface area contributed by atoms with Crippen LogP contribution in [0.5, 0.6) is 0 Å². The van der Waals surface area contributed by atoms with Crippen molar-refractivity contribution in [1.29, 1.82) is 0 Å². The van der Waals surface area contributed by atoms with Crippen molar-refractivity contribution in [3.05, 3.63) is 12.0 Å². The third kappa shape index (κ3) is 3.86. The van der Waals surface area contributed by atoms with E-state index in [-0.39, 0.29) is 0 Å². The van der Waals surface area contributed by atoms with Crippen LogP contribution >= 0.6 is 11.8 Å². The molecule has 5 nitrogen and oxygen atoms in total. The highest BCUT2D eigenvalue weighted by atomic mass is 32.2. The van der Waals surface area contributed by atoms with Crippen LogP contribution in [0.1, 0.15) is 25.5 Å². The smallest absolute Gasteiger partial charge is 0.323 e. The number of hydrogen-bond acceptors (Lipinski definition) is 5. The fourth-order valence-corrected chi connectivity index (χ4v) is 1.89. The lowest BCUT2D eigenvalue weighted by molar-refractivity contribution is -0.142. The second-order valence-electron chi connectivity index (χ2n) is 3.93. The van der Waals surface area contributed by atoms with Crippen molar-refractivity contribution in [2.45, 2.75) is 37.5 Å². The molecule has 0 spiro atoms. The van der Waals surface area contributed by atoms with Crippen LogP contribution in [0.3, 0.4) is 0 Å². The van der Waals surface area contributed by atoms with Crippen LogP contribution in [0.2, 0.25) is 0 Å². The Morgan fingerprint density at radius 3 is 2.94 bits per heavy atom. The molecule has 0 aliphatic heterocycles. The van der Waals surface area contributed by atoms with Crippen molar-refractivity contribution in [1.82, 2.24) is 4.98 Å². The van der Waals surface area contributed by atoms with E-state index in [9.17, 15) is 4.79 Å². The van der Waals surface area contributed by atoms with E-state index in [4.69, 9.17) is 15.3 Å². The van der Waals surface area contributed by atoms with Crippen molar-refractivity contribution in [2.75, 3.05) is 5.75 Å². The minimum atomic E-state index is -1.15. The van der Waals surface area contributed by atoms with E-state index in [0.717, 1.165) is 11.4 Å². The Balaban J connectivity index is 2.24. The quantitative estimate of drug-likeness (QED) is 0.584. The van der Waals surface area contributed by atoms with Crippen molar-refractivity contribution in [3.8, 4) is 0 Å². The summed E-state index contributed by atoms with van der Waals surface area (Å²) in [5.41, 5.74) is 5.29. The SMILES string of the molecule is Cc1coc(SCCCC(C)(N)C(=O)O)n1. The summed E-state index contributed by atoms with van der Waals surface area (Å²) in [4.78, 5) is 14.9. The van der Waals surface area contributed by atoms with Gasteiger partial charge >= 0.3 is 5.97 Å². The topological polar surface area (TPSA) is 89.3 Å². The number of carbonyl (C=O) groups is 1. The number of aromatic nitrogens is 1. The second-order valence-corrected chi connectivity index (χ2v) is 4.98. The first kappa shape index (κ1) is 13.1. The van der Waals surface area contributed by atoms with E-state index >= 15 is 0 Å². The molecule has 1 aromatic heterocycles. The third-order valence-corrected chi connectivity index (χ3v) is 3.08. The third-order valence-electron chi connectivity index (χ3n) is 2.15. The van der Waals surface area contributed by atoms with Crippen LogP contribution in [0.25, 0.3) is 0 Å². The van der Waals surface area contributed by atoms with Crippen LogP contribution in [0, 0.1) is 6.92 Å². The molecule has 6 heteroatoms. The lowest BCUT2D eigenvalue weighted by Gasteiger charge is -2.18. The molecule has 16 heavy (non-hydrogen) atoms. The van der Waals surface area contributed by atoms with Gasteiger partial charge in [-0.25, -0.2) is 4.98 Å². The number of hydrogen-bond donors (Lipinski definition) is 2. The maximum absolute atomic E-state index is 10.7. The molecule has 0 amide bonds. The lowest BCUT2D eigenvalue weighted by Crippen LogP contribution is -2.44. The molecule has 0 aliphatic carbocycles. The van der Waals surface area contributed by atoms with E-state index < -0.39 is 11.5 Å². The van der Waals surface area contributed by atoms with Crippen molar-refractivity contribution < 1.29 is 14.3 Å². The monoisotopic (exact) mass is 244 g/mol. The average Bonchev–Trinajstić information content (AvgIpc) is 2.59. The van der Waals surface area contributed by atoms with E-state index in [2.05, 4.69) is 4.98 Å². The number of nitrogens with two attached hydrogens (primary N) is 1. The zero-order valence-electron chi connectivity index (χ0n) is 9.40. The Kier molecular flexibility index (Phi) is 4.37.